The van der Waals surface area contributed by atoms with Crippen LogP contribution in [0.3, 0.4) is 0 Å². The summed E-state index contributed by atoms with van der Waals surface area (Å²) in [5.74, 6) is 2.30. The van der Waals surface area contributed by atoms with Gasteiger partial charge in [-0.25, -0.2) is 0 Å². The Morgan fingerprint density at radius 3 is 2.50 bits per heavy atom. The molecule has 5 nitrogen and oxygen atoms in total. The van der Waals surface area contributed by atoms with Crippen LogP contribution in [0.25, 0.3) is 0 Å². The summed E-state index contributed by atoms with van der Waals surface area (Å²) in [5.41, 5.74) is 1.22. The maximum atomic E-state index is 6.02. The SMILES string of the molecule is COc1cc(CN2C[C@@H]3CN(C)CCO[C@@H]3C2)cc(OC)c1. The van der Waals surface area contributed by atoms with E-state index in [9.17, 15) is 0 Å². The van der Waals surface area contributed by atoms with E-state index in [-0.39, 0.29) is 0 Å². The Morgan fingerprint density at radius 2 is 1.82 bits per heavy atom. The van der Waals surface area contributed by atoms with Gasteiger partial charge in [-0.1, -0.05) is 0 Å². The number of likely N-dealkylation sites (tertiary alicyclic amines) is 1. The lowest BCUT2D eigenvalue weighted by Gasteiger charge is -2.19. The third-order valence-corrected chi connectivity index (χ3v) is 4.63. The van der Waals surface area contributed by atoms with E-state index < -0.39 is 0 Å². The summed E-state index contributed by atoms with van der Waals surface area (Å²) in [6.07, 6.45) is 0.373. The van der Waals surface area contributed by atoms with E-state index in [1.807, 2.05) is 6.07 Å². The summed E-state index contributed by atoms with van der Waals surface area (Å²) in [6, 6.07) is 6.09. The van der Waals surface area contributed by atoms with Gasteiger partial charge in [-0.05, 0) is 24.7 Å². The normalized spacial score (nSPS) is 26.5. The Bertz CT molecular complexity index is 486. The molecule has 3 rings (SSSR count). The zero-order chi connectivity index (χ0) is 15.5. The lowest BCUT2D eigenvalue weighted by atomic mass is 10.1. The Labute approximate surface area is 132 Å². The van der Waals surface area contributed by atoms with Crippen molar-refractivity contribution in [2.45, 2.75) is 12.6 Å². The van der Waals surface area contributed by atoms with Gasteiger partial charge >= 0.3 is 0 Å². The van der Waals surface area contributed by atoms with Gasteiger partial charge in [0.15, 0.2) is 0 Å². The largest absolute Gasteiger partial charge is 0.497 e. The highest BCUT2D eigenvalue weighted by molar-refractivity contribution is 5.38. The highest BCUT2D eigenvalue weighted by Crippen LogP contribution is 2.27. The standard InChI is InChI=1S/C17H26N2O3/c1-18-4-5-22-17-12-19(11-14(17)10-18)9-13-6-15(20-2)8-16(7-13)21-3/h6-8,14,17H,4-5,9-12H2,1-3H3/t14-,17+/m0/s1. The summed E-state index contributed by atoms with van der Waals surface area (Å²) in [4.78, 5) is 4.85. The van der Waals surface area contributed by atoms with Crippen molar-refractivity contribution in [1.82, 2.24) is 9.80 Å². The number of hydrogen-bond acceptors (Lipinski definition) is 5. The van der Waals surface area contributed by atoms with Crippen molar-refractivity contribution in [2.75, 3.05) is 54.1 Å². The molecule has 5 heteroatoms. The monoisotopic (exact) mass is 306 g/mol. The average molecular weight is 306 g/mol. The zero-order valence-corrected chi connectivity index (χ0v) is 13.7. The van der Waals surface area contributed by atoms with Gasteiger partial charge in [0.2, 0.25) is 0 Å². The predicted octanol–water partition coefficient (Wildman–Crippen LogP) is 1.47. The molecule has 2 aliphatic rings. The molecule has 0 amide bonds. The molecule has 2 aliphatic heterocycles. The van der Waals surface area contributed by atoms with Crippen LogP contribution in [0.2, 0.25) is 0 Å². The van der Waals surface area contributed by atoms with Crippen molar-refractivity contribution in [3.8, 4) is 11.5 Å². The first-order chi connectivity index (χ1) is 10.7. The summed E-state index contributed by atoms with van der Waals surface area (Å²) in [5, 5.41) is 0. The van der Waals surface area contributed by atoms with Crippen LogP contribution in [0.1, 0.15) is 5.56 Å². The number of fused-ring (bicyclic) bond motifs is 1. The van der Waals surface area contributed by atoms with Gasteiger partial charge in [0.25, 0.3) is 0 Å². The molecule has 22 heavy (non-hydrogen) atoms. The summed E-state index contributed by atoms with van der Waals surface area (Å²) >= 11 is 0. The Balaban J connectivity index is 1.67. The van der Waals surface area contributed by atoms with Crippen LogP contribution in [-0.4, -0.2) is 70.0 Å². The summed E-state index contributed by atoms with van der Waals surface area (Å²) in [7, 11) is 5.56. The molecule has 0 aliphatic carbocycles. The van der Waals surface area contributed by atoms with E-state index in [0.29, 0.717) is 12.0 Å². The number of nitrogens with zero attached hydrogens (tertiary/aromatic N) is 2. The molecule has 0 saturated carbocycles. The van der Waals surface area contributed by atoms with Gasteiger partial charge in [0.1, 0.15) is 11.5 Å². The maximum absolute atomic E-state index is 6.02. The first-order valence-electron chi connectivity index (χ1n) is 7.92. The molecule has 0 bridgehead atoms. The minimum absolute atomic E-state index is 0.373. The molecule has 0 N–H and O–H groups in total. The van der Waals surface area contributed by atoms with E-state index in [2.05, 4.69) is 29.0 Å². The smallest absolute Gasteiger partial charge is 0.122 e. The van der Waals surface area contributed by atoms with Crippen LogP contribution in [0.15, 0.2) is 18.2 Å². The first-order valence-corrected chi connectivity index (χ1v) is 7.92. The van der Waals surface area contributed by atoms with Crippen LogP contribution in [0.4, 0.5) is 0 Å². The van der Waals surface area contributed by atoms with Crippen molar-refractivity contribution in [3.05, 3.63) is 23.8 Å². The molecule has 2 atom stereocenters. The highest BCUT2D eigenvalue weighted by atomic mass is 16.5. The average Bonchev–Trinajstić information content (AvgIpc) is 2.79. The number of hydrogen-bond donors (Lipinski definition) is 0. The van der Waals surface area contributed by atoms with Gasteiger partial charge in [0, 0.05) is 44.7 Å². The molecule has 0 aromatic heterocycles. The fourth-order valence-electron chi connectivity index (χ4n) is 3.49. The predicted molar refractivity (Wildman–Crippen MR) is 85.6 cm³/mol. The maximum Gasteiger partial charge on any atom is 0.122 e. The topological polar surface area (TPSA) is 34.2 Å². The van der Waals surface area contributed by atoms with Gasteiger partial charge in [-0.15, -0.1) is 0 Å². The van der Waals surface area contributed by atoms with E-state index >= 15 is 0 Å². The van der Waals surface area contributed by atoms with Crippen molar-refractivity contribution in [3.63, 3.8) is 0 Å². The molecule has 2 saturated heterocycles. The molecular weight excluding hydrogens is 280 g/mol. The second-order valence-electron chi connectivity index (χ2n) is 6.35. The van der Waals surface area contributed by atoms with Crippen LogP contribution in [0.5, 0.6) is 11.5 Å². The molecule has 1 aromatic rings. The summed E-state index contributed by atoms with van der Waals surface area (Å²) < 4.78 is 16.7. The first kappa shape index (κ1) is 15.6. The van der Waals surface area contributed by atoms with E-state index in [0.717, 1.165) is 50.8 Å². The van der Waals surface area contributed by atoms with E-state index in [4.69, 9.17) is 14.2 Å². The van der Waals surface area contributed by atoms with Crippen molar-refractivity contribution in [2.24, 2.45) is 5.92 Å². The van der Waals surface area contributed by atoms with Crippen LogP contribution >= 0.6 is 0 Å². The molecule has 2 fully saturated rings. The second-order valence-corrected chi connectivity index (χ2v) is 6.35. The summed E-state index contributed by atoms with van der Waals surface area (Å²) in [6.45, 7) is 6.03. The van der Waals surface area contributed by atoms with Crippen LogP contribution < -0.4 is 9.47 Å². The fraction of sp³-hybridized carbons (Fsp3) is 0.647. The number of benzene rings is 1. The molecule has 1 aromatic carbocycles. The zero-order valence-electron chi connectivity index (χ0n) is 13.7. The van der Waals surface area contributed by atoms with Crippen LogP contribution in [0, 0.1) is 5.92 Å². The quantitative estimate of drug-likeness (QED) is 0.841. The minimum Gasteiger partial charge on any atom is -0.497 e. The minimum atomic E-state index is 0.373. The Kier molecular flexibility index (Phi) is 4.86. The number of ether oxygens (including phenoxy) is 3. The molecule has 0 radical (unpaired) electrons. The van der Waals surface area contributed by atoms with Crippen molar-refractivity contribution < 1.29 is 14.2 Å². The molecule has 2 heterocycles. The highest BCUT2D eigenvalue weighted by Gasteiger charge is 2.35. The number of rotatable bonds is 4. The third-order valence-electron chi connectivity index (χ3n) is 4.63. The lowest BCUT2D eigenvalue weighted by molar-refractivity contribution is 0.0514. The second kappa shape index (κ2) is 6.86. The lowest BCUT2D eigenvalue weighted by Crippen LogP contribution is -2.29. The van der Waals surface area contributed by atoms with E-state index in [1.165, 1.54) is 5.56 Å². The number of likely N-dealkylation sites (N-methyl/N-ethyl adjacent to an activating group) is 1. The third kappa shape index (κ3) is 3.54. The molecule has 0 unspecified atom stereocenters. The van der Waals surface area contributed by atoms with Gasteiger partial charge < -0.3 is 19.1 Å². The van der Waals surface area contributed by atoms with Crippen molar-refractivity contribution in [1.29, 1.82) is 0 Å². The van der Waals surface area contributed by atoms with Crippen molar-refractivity contribution >= 4 is 0 Å². The van der Waals surface area contributed by atoms with Gasteiger partial charge in [0.05, 0.1) is 26.9 Å². The molecule has 122 valence electrons. The van der Waals surface area contributed by atoms with Crippen LogP contribution in [-0.2, 0) is 11.3 Å². The molecular formula is C17H26N2O3. The Morgan fingerprint density at radius 1 is 1.09 bits per heavy atom. The molecule has 0 spiro atoms. The Hall–Kier alpha value is -1.30. The fourth-order valence-corrected chi connectivity index (χ4v) is 3.49. The van der Waals surface area contributed by atoms with E-state index in [1.54, 1.807) is 14.2 Å². The van der Waals surface area contributed by atoms with Gasteiger partial charge in [-0.2, -0.15) is 0 Å². The number of methoxy groups -OCH3 is 2. The van der Waals surface area contributed by atoms with Gasteiger partial charge in [-0.3, -0.25) is 4.90 Å².